The van der Waals surface area contributed by atoms with E-state index in [9.17, 15) is 21.6 Å². The summed E-state index contributed by atoms with van der Waals surface area (Å²) in [7, 11) is -3.93. The fraction of sp³-hybridized carbons (Fsp3) is 0.500. The molecular formula is C12H17F3N2O2S. The smallest absolute Gasteiger partial charge is 0.313 e. The molecule has 0 amide bonds. The number of rotatable bonds is 7. The van der Waals surface area contributed by atoms with Gasteiger partial charge in [-0.1, -0.05) is 25.1 Å². The van der Waals surface area contributed by atoms with Crippen LogP contribution >= 0.6 is 0 Å². The molecule has 0 radical (unpaired) electrons. The zero-order valence-corrected chi connectivity index (χ0v) is 11.8. The SMILES string of the molecule is CCNCc1ccccc1S(=O)(=O)NCCC(F)(F)F. The van der Waals surface area contributed by atoms with Gasteiger partial charge >= 0.3 is 6.18 Å². The molecule has 0 heterocycles. The average molecular weight is 310 g/mol. The lowest BCUT2D eigenvalue weighted by molar-refractivity contribution is -0.132. The number of hydrogen-bond acceptors (Lipinski definition) is 3. The van der Waals surface area contributed by atoms with E-state index in [0.29, 0.717) is 18.7 Å². The van der Waals surface area contributed by atoms with Crippen molar-refractivity contribution in [2.75, 3.05) is 13.1 Å². The second kappa shape index (κ2) is 7.05. The summed E-state index contributed by atoms with van der Waals surface area (Å²) in [6, 6.07) is 6.22. The van der Waals surface area contributed by atoms with Crippen molar-refractivity contribution in [3.05, 3.63) is 29.8 Å². The minimum absolute atomic E-state index is 0.00289. The van der Waals surface area contributed by atoms with Crippen LogP contribution in [-0.4, -0.2) is 27.7 Å². The second-order valence-corrected chi connectivity index (χ2v) is 5.89. The molecule has 8 heteroatoms. The van der Waals surface area contributed by atoms with Gasteiger partial charge in [0.2, 0.25) is 10.0 Å². The van der Waals surface area contributed by atoms with Crippen LogP contribution in [0.4, 0.5) is 13.2 Å². The molecule has 0 bridgehead atoms. The molecule has 1 aromatic carbocycles. The highest BCUT2D eigenvalue weighted by Gasteiger charge is 2.28. The number of hydrogen-bond donors (Lipinski definition) is 2. The molecule has 0 aliphatic rings. The van der Waals surface area contributed by atoms with E-state index in [2.05, 4.69) is 5.32 Å². The standard InChI is InChI=1S/C12H17F3N2O2S/c1-2-16-9-10-5-3-4-6-11(10)20(18,19)17-8-7-12(13,14)15/h3-6,16-17H,2,7-9H2,1H3. The van der Waals surface area contributed by atoms with Crippen LogP contribution in [0.3, 0.4) is 0 Å². The van der Waals surface area contributed by atoms with Gasteiger partial charge in [0, 0.05) is 13.1 Å². The Kier molecular flexibility index (Phi) is 5.97. The van der Waals surface area contributed by atoms with Gasteiger partial charge in [-0.25, -0.2) is 13.1 Å². The summed E-state index contributed by atoms with van der Waals surface area (Å²) in [4.78, 5) is 0.00289. The second-order valence-electron chi connectivity index (χ2n) is 4.15. The van der Waals surface area contributed by atoms with Crippen LogP contribution in [0.5, 0.6) is 0 Å². The molecule has 4 nitrogen and oxygen atoms in total. The van der Waals surface area contributed by atoms with E-state index in [4.69, 9.17) is 0 Å². The highest BCUT2D eigenvalue weighted by molar-refractivity contribution is 7.89. The highest BCUT2D eigenvalue weighted by Crippen LogP contribution is 2.19. The number of sulfonamides is 1. The van der Waals surface area contributed by atoms with Gasteiger partial charge in [0.1, 0.15) is 0 Å². The third kappa shape index (κ3) is 5.48. The van der Waals surface area contributed by atoms with Crippen LogP contribution in [0.15, 0.2) is 29.2 Å². The molecule has 114 valence electrons. The Balaban J connectivity index is 2.81. The van der Waals surface area contributed by atoms with Crippen molar-refractivity contribution < 1.29 is 21.6 Å². The maximum atomic E-state index is 12.0. The number of alkyl halides is 3. The normalized spacial score (nSPS) is 12.6. The molecule has 1 rings (SSSR count). The lowest BCUT2D eigenvalue weighted by Crippen LogP contribution is -2.29. The van der Waals surface area contributed by atoms with E-state index in [1.54, 1.807) is 12.1 Å². The molecule has 0 aliphatic carbocycles. The molecule has 1 aromatic rings. The molecule has 20 heavy (non-hydrogen) atoms. The van der Waals surface area contributed by atoms with Crippen molar-refractivity contribution >= 4 is 10.0 Å². The van der Waals surface area contributed by atoms with Crippen molar-refractivity contribution in [3.63, 3.8) is 0 Å². The van der Waals surface area contributed by atoms with Gasteiger partial charge in [-0.2, -0.15) is 13.2 Å². The first-order valence-corrected chi connectivity index (χ1v) is 7.59. The summed E-state index contributed by atoms with van der Waals surface area (Å²) >= 11 is 0. The van der Waals surface area contributed by atoms with Crippen molar-refractivity contribution in [3.8, 4) is 0 Å². The van der Waals surface area contributed by atoms with E-state index in [0.717, 1.165) is 0 Å². The maximum absolute atomic E-state index is 12.0. The summed E-state index contributed by atoms with van der Waals surface area (Å²) in [5, 5.41) is 2.99. The van der Waals surface area contributed by atoms with Crippen molar-refractivity contribution in [2.24, 2.45) is 0 Å². The van der Waals surface area contributed by atoms with Gasteiger partial charge in [-0.3, -0.25) is 0 Å². The Morgan fingerprint density at radius 1 is 1.20 bits per heavy atom. The van der Waals surface area contributed by atoms with E-state index >= 15 is 0 Å². The van der Waals surface area contributed by atoms with Crippen LogP contribution < -0.4 is 10.0 Å². The first-order chi connectivity index (χ1) is 9.26. The van der Waals surface area contributed by atoms with E-state index < -0.39 is 29.2 Å². The molecule has 0 aromatic heterocycles. The third-order valence-electron chi connectivity index (χ3n) is 2.53. The first kappa shape index (κ1) is 16.9. The summed E-state index contributed by atoms with van der Waals surface area (Å²) in [5.41, 5.74) is 0.522. The molecule has 0 saturated heterocycles. The Morgan fingerprint density at radius 3 is 2.45 bits per heavy atom. The van der Waals surface area contributed by atoms with Gasteiger partial charge in [0.05, 0.1) is 11.3 Å². The quantitative estimate of drug-likeness (QED) is 0.810. The van der Waals surface area contributed by atoms with Gasteiger partial charge < -0.3 is 5.32 Å². The minimum Gasteiger partial charge on any atom is -0.313 e. The fourth-order valence-electron chi connectivity index (χ4n) is 1.58. The van der Waals surface area contributed by atoms with Crippen LogP contribution in [0, 0.1) is 0 Å². The number of halogens is 3. The Labute approximate surface area is 116 Å². The van der Waals surface area contributed by atoms with Gasteiger partial charge in [-0.05, 0) is 18.2 Å². The third-order valence-corrected chi connectivity index (χ3v) is 4.09. The molecule has 0 spiro atoms. The fourth-order valence-corrected chi connectivity index (χ4v) is 2.85. The van der Waals surface area contributed by atoms with Crippen molar-refractivity contribution in [1.29, 1.82) is 0 Å². The Morgan fingerprint density at radius 2 is 1.85 bits per heavy atom. The molecule has 0 fully saturated rings. The Hall–Kier alpha value is -1.12. The zero-order valence-electron chi connectivity index (χ0n) is 11.0. The summed E-state index contributed by atoms with van der Waals surface area (Å²) < 4.78 is 62.1. The molecular weight excluding hydrogens is 293 g/mol. The summed E-state index contributed by atoms with van der Waals surface area (Å²) in [6.45, 7) is 2.21. The highest BCUT2D eigenvalue weighted by atomic mass is 32.2. The maximum Gasteiger partial charge on any atom is 0.390 e. The summed E-state index contributed by atoms with van der Waals surface area (Å²) in [6.07, 6.45) is -5.58. The monoisotopic (exact) mass is 310 g/mol. The van der Waals surface area contributed by atoms with Crippen LogP contribution in [0.2, 0.25) is 0 Å². The van der Waals surface area contributed by atoms with Crippen LogP contribution in [0.25, 0.3) is 0 Å². The predicted molar refractivity (Wildman–Crippen MR) is 69.7 cm³/mol. The van der Waals surface area contributed by atoms with Crippen LogP contribution in [0.1, 0.15) is 18.9 Å². The molecule has 0 saturated carbocycles. The van der Waals surface area contributed by atoms with Gasteiger partial charge in [-0.15, -0.1) is 0 Å². The van der Waals surface area contributed by atoms with E-state index in [1.807, 2.05) is 11.6 Å². The molecule has 0 atom stereocenters. The lowest BCUT2D eigenvalue weighted by Gasteiger charge is -2.12. The van der Waals surface area contributed by atoms with Crippen molar-refractivity contribution in [2.45, 2.75) is 31.0 Å². The number of benzene rings is 1. The minimum atomic E-state index is -4.38. The van der Waals surface area contributed by atoms with Gasteiger partial charge in [0.15, 0.2) is 0 Å². The first-order valence-electron chi connectivity index (χ1n) is 6.11. The van der Waals surface area contributed by atoms with Crippen molar-refractivity contribution in [1.82, 2.24) is 10.0 Å². The summed E-state index contributed by atoms with van der Waals surface area (Å²) in [5.74, 6) is 0. The van der Waals surface area contributed by atoms with E-state index in [-0.39, 0.29) is 4.90 Å². The predicted octanol–water partition coefficient (Wildman–Crippen LogP) is 2.03. The molecule has 0 unspecified atom stereocenters. The lowest BCUT2D eigenvalue weighted by atomic mass is 10.2. The van der Waals surface area contributed by atoms with Crippen LogP contribution in [-0.2, 0) is 16.6 Å². The average Bonchev–Trinajstić information content (AvgIpc) is 2.34. The van der Waals surface area contributed by atoms with E-state index in [1.165, 1.54) is 12.1 Å². The largest absolute Gasteiger partial charge is 0.390 e. The molecule has 0 aliphatic heterocycles. The topological polar surface area (TPSA) is 58.2 Å². The Bertz CT molecular complexity index is 530. The molecule has 2 N–H and O–H groups in total. The zero-order chi connectivity index (χ0) is 15.2. The van der Waals surface area contributed by atoms with Gasteiger partial charge in [0.25, 0.3) is 0 Å². The number of nitrogens with one attached hydrogen (secondary N) is 2.